The summed E-state index contributed by atoms with van der Waals surface area (Å²) in [6, 6.07) is 8.97. The van der Waals surface area contributed by atoms with E-state index in [-0.39, 0.29) is 17.9 Å². The Bertz CT molecular complexity index is 1790. The molecule has 2 aliphatic heterocycles. The Morgan fingerprint density at radius 2 is 1.88 bits per heavy atom. The van der Waals surface area contributed by atoms with E-state index in [1.807, 2.05) is 0 Å². The molecule has 3 heterocycles. The number of fused-ring (bicyclic) bond motifs is 1. The summed E-state index contributed by atoms with van der Waals surface area (Å²) in [6.45, 7) is 6.73. The van der Waals surface area contributed by atoms with Gasteiger partial charge in [0.2, 0.25) is 0 Å². The molecule has 0 radical (unpaired) electrons. The number of benzene rings is 2. The van der Waals surface area contributed by atoms with Crippen molar-refractivity contribution in [1.82, 2.24) is 9.47 Å². The highest BCUT2D eigenvalue weighted by molar-refractivity contribution is 7.07. The molecule has 1 fully saturated rings. The van der Waals surface area contributed by atoms with Crippen molar-refractivity contribution in [1.29, 1.82) is 0 Å². The summed E-state index contributed by atoms with van der Waals surface area (Å²) in [4.78, 5) is 48.2. The summed E-state index contributed by atoms with van der Waals surface area (Å²) < 4.78 is 18.3. The number of anilines is 1. The van der Waals surface area contributed by atoms with Gasteiger partial charge in [0, 0.05) is 55.1 Å². The number of thiazole rings is 1. The van der Waals surface area contributed by atoms with Crippen molar-refractivity contribution < 1.29 is 23.9 Å². The minimum Gasteiger partial charge on any atom is -0.497 e. The third-order valence-electron chi connectivity index (χ3n) is 7.60. The molecule has 0 bridgehead atoms. The maximum atomic E-state index is 14.2. The minimum atomic E-state index is -0.912. The molecule has 3 aromatic rings. The third-order valence-corrected chi connectivity index (χ3v) is 8.58. The smallest absolute Gasteiger partial charge is 0.338 e. The summed E-state index contributed by atoms with van der Waals surface area (Å²) >= 11 is 1.15. The van der Waals surface area contributed by atoms with Crippen molar-refractivity contribution >= 4 is 34.8 Å². The van der Waals surface area contributed by atoms with Gasteiger partial charge in [-0.15, -0.1) is 0 Å². The van der Waals surface area contributed by atoms with E-state index >= 15 is 0 Å². The summed E-state index contributed by atoms with van der Waals surface area (Å²) in [5.74, 6) is 0.376. The van der Waals surface area contributed by atoms with Crippen LogP contribution in [0.3, 0.4) is 0 Å². The van der Waals surface area contributed by atoms with Crippen LogP contribution in [0.1, 0.15) is 31.0 Å². The highest BCUT2D eigenvalue weighted by atomic mass is 32.1. The number of hydrogen-bond donors (Lipinski definition) is 0. The van der Waals surface area contributed by atoms with Crippen LogP contribution in [0.15, 0.2) is 57.5 Å². The zero-order chi connectivity index (χ0) is 30.8. The van der Waals surface area contributed by atoms with Crippen LogP contribution in [0.25, 0.3) is 6.08 Å². The molecule has 1 aromatic heterocycles. The lowest BCUT2D eigenvalue weighted by Crippen LogP contribution is -2.44. The molecular weight excluding hydrogens is 574 g/mol. The fraction of sp³-hybridized carbons (Fsp3) is 0.367. The van der Waals surface area contributed by atoms with Gasteiger partial charge in [0.1, 0.15) is 17.5 Å². The number of allylic oxidation sites excluding steroid dienone is 1. The Labute approximate surface area is 251 Å². The molecule has 12 nitrogen and oxygen atoms in total. The average Bonchev–Trinajstić information content (AvgIpc) is 3.30. The molecule has 2 aliphatic rings. The van der Waals surface area contributed by atoms with Gasteiger partial charge in [-0.3, -0.25) is 19.5 Å². The topological polar surface area (TPSA) is 129 Å². The van der Waals surface area contributed by atoms with Gasteiger partial charge >= 0.3 is 5.97 Å². The number of rotatable bonds is 8. The second-order valence-corrected chi connectivity index (χ2v) is 11.2. The predicted octanol–water partition coefficient (Wildman–Crippen LogP) is 2.48. The van der Waals surface area contributed by atoms with Gasteiger partial charge in [-0.1, -0.05) is 11.3 Å². The number of carbonyl (C=O) groups excluding carboxylic acids is 1. The number of nitro groups is 1. The first-order valence-electron chi connectivity index (χ1n) is 13.8. The Balaban J connectivity index is 1.74. The van der Waals surface area contributed by atoms with Crippen LogP contribution < -0.4 is 29.3 Å². The number of methoxy groups -OCH3 is 2. The lowest BCUT2D eigenvalue weighted by atomic mass is 9.94. The van der Waals surface area contributed by atoms with Crippen LogP contribution >= 0.6 is 11.3 Å². The molecule has 2 aromatic carbocycles. The standard InChI is InChI=1S/C30H33N5O7S/c1-6-42-29(37)26-18(2)31-30-34(27(26)22-17-21(40-4)8-10-24(22)41-5)28(36)25(43-30)16-19-15-20(35(38)39)7-9-23(19)33-13-11-32(3)12-14-33/h7-10,15-17,27H,6,11-14H2,1-5H3/t27-/m0/s1. The molecule has 0 saturated carbocycles. The molecule has 0 amide bonds. The Morgan fingerprint density at radius 1 is 1.14 bits per heavy atom. The quantitative estimate of drug-likeness (QED) is 0.216. The van der Waals surface area contributed by atoms with E-state index in [9.17, 15) is 19.7 Å². The number of likely N-dealkylation sites (N-methyl/N-ethyl adjacent to an activating group) is 1. The van der Waals surface area contributed by atoms with Gasteiger partial charge in [-0.25, -0.2) is 9.79 Å². The monoisotopic (exact) mass is 607 g/mol. The van der Waals surface area contributed by atoms with Crippen molar-refractivity contribution in [2.24, 2.45) is 4.99 Å². The Morgan fingerprint density at radius 3 is 2.53 bits per heavy atom. The summed E-state index contributed by atoms with van der Waals surface area (Å²) in [7, 11) is 5.09. The Kier molecular flexibility index (Phi) is 8.64. The molecule has 0 spiro atoms. The summed E-state index contributed by atoms with van der Waals surface area (Å²) in [5.41, 5.74) is 2.04. The summed E-state index contributed by atoms with van der Waals surface area (Å²) in [5, 5.41) is 11.7. The minimum absolute atomic E-state index is 0.0728. The van der Waals surface area contributed by atoms with Crippen molar-refractivity contribution in [2.75, 3.05) is 59.0 Å². The van der Waals surface area contributed by atoms with Gasteiger partial charge in [0.25, 0.3) is 11.2 Å². The van der Waals surface area contributed by atoms with Crippen LogP contribution in [-0.2, 0) is 9.53 Å². The molecule has 13 heteroatoms. The van der Waals surface area contributed by atoms with Gasteiger partial charge in [0.05, 0.1) is 41.6 Å². The SMILES string of the molecule is CCOC(=O)C1=C(C)N=c2sc(=Cc3cc([N+](=O)[O-])ccc3N3CCN(C)CC3)c(=O)n2[C@H]1c1cc(OC)ccc1OC. The van der Waals surface area contributed by atoms with Crippen molar-refractivity contribution in [2.45, 2.75) is 19.9 Å². The van der Waals surface area contributed by atoms with Crippen LogP contribution in [-0.4, -0.2) is 74.4 Å². The number of piperazine rings is 1. The number of carbonyl (C=O) groups is 1. The van der Waals surface area contributed by atoms with Crippen molar-refractivity contribution in [3.8, 4) is 11.5 Å². The van der Waals surface area contributed by atoms with Gasteiger partial charge in [-0.2, -0.15) is 0 Å². The maximum absolute atomic E-state index is 14.2. The first-order valence-corrected chi connectivity index (χ1v) is 14.6. The zero-order valence-electron chi connectivity index (χ0n) is 24.7. The Hall–Kier alpha value is -4.49. The number of non-ortho nitro benzene ring substituents is 1. The largest absolute Gasteiger partial charge is 0.497 e. The van der Waals surface area contributed by atoms with Crippen molar-refractivity contribution in [3.63, 3.8) is 0 Å². The number of aromatic nitrogens is 1. The highest BCUT2D eigenvalue weighted by Gasteiger charge is 2.35. The zero-order valence-corrected chi connectivity index (χ0v) is 25.5. The molecule has 0 unspecified atom stereocenters. The third kappa shape index (κ3) is 5.77. The van der Waals surface area contributed by atoms with Crippen LogP contribution in [0.5, 0.6) is 11.5 Å². The fourth-order valence-electron chi connectivity index (χ4n) is 5.39. The van der Waals surface area contributed by atoms with E-state index < -0.39 is 22.5 Å². The second-order valence-electron chi connectivity index (χ2n) is 10.2. The first-order chi connectivity index (χ1) is 20.7. The normalized spacial score (nSPS) is 17.4. The molecule has 226 valence electrons. The van der Waals surface area contributed by atoms with E-state index in [4.69, 9.17) is 14.2 Å². The first kappa shape index (κ1) is 30.0. The molecule has 43 heavy (non-hydrogen) atoms. The highest BCUT2D eigenvalue weighted by Crippen LogP contribution is 2.38. The lowest BCUT2D eigenvalue weighted by molar-refractivity contribution is -0.384. The van der Waals surface area contributed by atoms with E-state index in [1.54, 1.807) is 44.2 Å². The van der Waals surface area contributed by atoms with Gasteiger partial charge in [-0.05, 0) is 51.2 Å². The van der Waals surface area contributed by atoms with Crippen LogP contribution in [0.4, 0.5) is 11.4 Å². The predicted molar refractivity (Wildman–Crippen MR) is 163 cm³/mol. The summed E-state index contributed by atoms with van der Waals surface area (Å²) in [6.07, 6.45) is 1.67. The van der Waals surface area contributed by atoms with Crippen LogP contribution in [0.2, 0.25) is 0 Å². The van der Waals surface area contributed by atoms with E-state index in [0.717, 1.165) is 43.2 Å². The number of hydrogen-bond acceptors (Lipinski definition) is 11. The molecule has 0 N–H and O–H groups in total. The molecule has 1 atom stereocenters. The number of nitro benzene ring substituents is 1. The average molecular weight is 608 g/mol. The molecule has 0 aliphatic carbocycles. The van der Waals surface area contributed by atoms with Gasteiger partial charge < -0.3 is 24.0 Å². The number of esters is 1. The van der Waals surface area contributed by atoms with E-state index in [2.05, 4.69) is 21.8 Å². The van der Waals surface area contributed by atoms with Gasteiger partial charge in [0.15, 0.2) is 4.80 Å². The lowest BCUT2D eigenvalue weighted by Gasteiger charge is -2.34. The second kappa shape index (κ2) is 12.4. The molecule has 5 rings (SSSR count). The molecular formula is C30H33N5O7S. The van der Waals surface area contributed by atoms with E-state index in [0.29, 0.717) is 37.7 Å². The number of nitrogens with zero attached hydrogens (tertiary/aromatic N) is 5. The number of ether oxygens (including phenoxy) is 3. The van der Waals surface area contributed by atoms with Crippen molar-refractivity contribution in [3.05, 3.63) is 88.6 Å². The molecule has 1 saturated heterocycles. The van der Waals surface area contributed by atoms with Crippen LogP contribution in [0, 0.1) is 10.1 Å². The van der Waals surface area contributed by atoms with E-state index in [1.165, 1.54) is 30.9 Å². The fourth-order valence-corrected chi connectivity index (χ4v) is 6.42. The maximum Gasteiger partial charge on any atom is 0.338 e.